The Labute approximate surface area is 410 Å². The van der Waals surface area contributed by atoms with Gasteiger partial charge in [-0.05, 0) is 25.9 Å². The molecular formula is C41H72N2O29. The van der Waals surface area contributed by atoms with Crippen LogP contribution in [0.1, 0.15) is 19.3 Å². The minimum absolute atomic E-state index is 0.163. The van der Waals surface area contributed by atoms with Crippen molar-refractivity contribution in [3.8, 4) is 0 Å². The Morgan fingerprint density at radius 2 is 0.500 bits per heavy atom. The van der Waals surface area contributed by atoms with Crippen LogP contribution in [0.25, 0.3) is 0 Å². The van der Waals surface area contributed by atoms with Gasteiger partial charge in [0.15, 0.2) is 37.7 Å². The van der Waals surface area contributed by atoms with Crippen molar-refractivity contribution in [1.82, 2.24) is 5.32 Å². The smallest absolute Gasteiger partial charge is 0.187 e. The van der Waals surface area contributed by atoms with Gasteiger partial charge in [0.05, 0.1) is 33.0 Å². The molecule has 30 unspecified atom stereocenters. The van der Waals surface area contributed by atoms with Gasteiger partial charge in [-0.2, -0.15) is 0 Å². The van der Waals surface area contributed by atoms with E-state index in [2.05, 4.69) is 5.32 Å². The van der Waals surface area contributed by atoms with Crippen molar-refractivity contribution >= 4 is 0 Å². The van der Waals surface area contributed by atoms with Crippen molar-refractivity contribution in [2.24, 2.45) is 5.73 Å². The number of ether oxygens (including phenoxy) is 12. The predicted octanol–water partition coefficient (Wildman–Crippen LogP) is -12.3. The van der Waals surface area contributed by atoms with Gasteiger partial charge >= 0.3 is 0 Å². The van der Waals surface area contributed by atoms with E-state index in [1.807, 2.05) is 0 Å². The summed E-state index contributed by atoms with van der Waals surface area (Å²) < 4.78 is 69.5. The van der Waals surface area contributed by atoms with Gasteiger partial charge in [0.2, 0.25) is 0 Å². The molecule has 0 aliphatic carbocycles. The number of rotatable bonds is 12. The zero-order chi connectivity index (χ0) is 52.3. The lowest BCUT2D eigenvalue weighted by Gasteiger charge is -2.50. The summed E-state index contributed by atoms with van der Waals surface area (Å²) in [6.07, 6.45) is -55.1. The van der Waals surface area contributed by atoms with Gasteiger partial charge in [-0.25, -0.2) is 0 Å². The minimum atomic E-state index is -2.14. The third kappa shape index (κ3) is 12.2. The number of aliphatic hydroxyl groups excluding tert-OH is 17. The van der Waals surface area contributed by atoms with E-state index < -0.39 is 217 Å². The van der Waals surface area contributed by atoms with Crippen LogP contribution in [0, 0.1) is 0 Å². The van der Waals surface area contributed by atoms with Crippen LogP contribution in [0.2, 0.25) is 0 Å². The highest BCUT2D eigenvalue weighted by atomic mass is 16.8. The maximum absolute atomic E-state index is 11.6. The molecule has 31 heteroatoms. The van der Waals surface area contributed by atoms with E-state index in [0.29, 0.717) is 19.5 Å². The van der Waals surface area contributed by atoms with Crippen molar-refractivity contribution in [3.05, 3.63) is 0 Å². The summed E-state index contributed by atoms with van der Waals surface area (Å²) in [7, 11) is 0. The highest BCUT2D eigenvalue weighted by Crippen LogP contribution is 2.38. The lowest BCUT2D eigenvalue weighted by atomic mass is 9.94. The highest BCUT2D eigenvalue weighted by molar-refractivity contribution is 5.01. The lowest BCUT2D eigenvalue weighted by Crippen LogP contribution is -2.69. The summed E-state index contributed by atoms with van der Waals surface area (Å²) >= 11 is 0. The largest absolute Gasteiger partial charge is 0.394 e. The molecule has 0 aromatic carbocycles. The fraction of sp³-hybridized carbons (Fsp3) is 1.00. The van der Waals surface area contributed by atoms with Gasteiger partial charge in [0.1, 0.15) is 146 Å². The fourth-order valence-corrected chi connectivity index (χ4v) is 9.76. The molecule has 0 radical (unpaired) electrons. The number of unbranched alkanes of at least 4 members (excludes halogenated alkanes) is 2. The van der Waals surface area contributed by atoms with E-state index >= 15 is 0 Å². The summed E-state index contributed by atoms with van der Waals surface area (Å²) in [6.45, 7) is -4.24. The molecule has 0 aromatic rings. The molecule has 0 spiro atoms. The van der Waals surface area contributed by atoms with Crippen LogP contribution in [-0.2, 0) is 56.8 Å². The van der Waals surface area contributed by atoms with Gasteiger partial charge in [-0.3, -0.25) is 0 Å². The van der Waals surface area contributed by atoms with Crippen LogP contribution in [0.15, 0.2) is 0 Å². The van der Waals surface area contributed by atoms with E-state index in [-0.39, 0.29) is 6.54 Å². The highest BCUT2D eigenvalue weighted by Gasteiger charge is 2.58. The first-order valence-electron chi connectivity index (χ1n) is 23.9. The molecule has 0 amide bonds. The van der Waals surface area contributed by atoms with E-state index in [1.165, 1.54) is 0 Å². The van der Waals surface area contributed by atoms with Crippen molar-refractivity contribution in [3.63, 3.8) is 0 Å². The molecule has 30 atom stereocenters. The molecule has 22 rings (SSSR count). The van der Waals surface area contributed by atoms with Gasteiger partial charge in [0.25, 0.3) is 0 Å². The Kier molecular flexibility index (Phi) is 21.1. The lowest BCUT2D eigenvalue weighted by molar-refractivity contribution is -0.403. The predicted molar refractivity (Wildman–Crippen MR) is 224 cm³/mol. The number of aliphatic hydroxyl groups is 17. The Hall–Kier alpha value is -1.24. The molecule has 0 aromatic heterocycles. The molecule has 22 heterocycles. The van der Waals surface area contributed by atoms with Gasteiger partial charge < -0.3 is 155 Å². The second-order valence-electron chi connectivity index (χ2n) is 18.7. The first kappa shape index (κ1) is 58.4. The molecule has 22 saturated heterocycles. The maximum Gasteiger partial charge on any atom is 0.187 e. The van der Waals surface area contributed by atoms with Crippen LogP contribution in [-0.4, -0.2) is 324 Å². The topological polar surface area (TPSA) is 493 Å². The van der Waals surface area contributed by atoms with Crippen LogP contribution in [0.5, 0.6) is 0 Å². The standard InChI is InChI=1S/C41H72N2O29/c42-4-2-1-3-5-43-6-12-30-18(49)24(55)36(61-12)68-31-13(7-44)63-38(26(57)20(31)51)70-33-15(9-46)65-40(28(59)22(33)53)72-35-17(11-48)66-41(29(60)23(35)54)71-34-16(10-47)64-39(27(58)21(34)52)69-32-14(8-45)62-37(67-30)25(56)19(32)50/h12-41,43-60H,1-11,42H2. The van der Waals surface area contributed by atoms with Crippen LogP contribution in [0.3, 0.4) is 0 Å². The van der Waals surface area contributed by atoms with Crippen LogP contribution in [0.4, 0.5) is 0 Å². The zero-order valence-corrected chi connectivity index (χ0v) is 38.7. The van der Waals surface area contributed by atoms with E-state index in [0.717, 1.165) is 12.8 Å². The monoisotopic (exact) mass is 1060 g/mol. The third-order valence-electron chi connectivity index (χ3n) is 13.9. The molecule has 22 aliphatic rings. The number of hydrogen-bond donors (Lipinski definition) is 19. The third-order valence-corrected chi connectivity index (χ3v) is 13.9. The maximum atomic E-state index is 11.6. The molecule has 420 valence electrons. The Balaban J connectivity index is 1.20. The molecule has 20 N–H and O–H groups in total. The quantitative estimate of drug-likeness (QED) is 0.0807. The summed E-state index contributed by atoms with van der Waals surface area (Å²) in [5.41, 5.74) is 5.61. The van der Waals surface area contributed by atoms with Gasteiger partial charge in [-0.15, -0.1) is 0 Å². The molecule has 0 saturated carbocycles. The van der Waals surface area contributed by atoms with E-state index in [1.54, 1.807) is 0 Å². The van der Waals surface area contributed by atoms with Gasteiger partial charge in [-0.1, -0.05) is 6.42 Å². The Morgan fingerprint density at radius 3 is 0.722 bits per heavy atom. The summed E-state index contributed by atoms with van der Waals surface area (Å²) in [5, 5.41) is 191. The van der Waals surface area contributed by atoms with E-state index in [4.69, 9.17) is 62.6 Å². The fourth-order valence-electron chi connectivity index (χ4n) is 9.76. The molecule has 72 heavy (non-hydrogen) atoms. The van der Waals surface area contributed by atoms with Crippen LogP contribution < -0.4 is 11.1 Å². The minimum Gasteiger partial charge on any atom is -0.394 e. The zero-order valence-electron chi connectivity index (χ0n) is 38.7. The van der Waals surface area contributed by atoms with Crippen molar-refractivity contribution in [2.75, 3.05) is 52.7 Å². The first-order valence-corrected chi connectivity index (χ1v) is 23.9. The molecule has 22 aliphatic heterocycles. The Morgan fingerprint density at radius 1 is 0.278 bits per heavy atom. The van der Waals surface area contributed by atoms with Crippen LogP contribution >= 0.6 is 0 Å². The summed E-state index contributed by atoms with van der Waals surface area (Å²) in [6, 6.07) is 0. The number of nitrogens with one attached hydrogen (secondary N) is 1. The van der Waals surface area contributed by atoms with Crippen molar-refractivity contribution in [2.45, 2.75) is 203 Å². The second kappa shape index (κ2) is 25.9. The number of nitrogens with two attached hydrogens (primary N) is 1. The van der Waals surface area contributed by atoms with Gasteiger partial charge in [0, 0.05) is 6.54 Å². The second-order valence-corrected chi connectivity index (χ2v) is 18.7. The summed E-state index contributed by atoms with van der Waals surface area (Å²) in [4.78, 5) is 0. The Bertz CT molecular complexity index is 1630. The molecule has 22 fully saturated rings. The number of hydrogen-bond acceptors (Lipinski definition) is 31. The normalized spacial score (nSPS) is 51.8. The summed E-state index contributed by atoms with van der Waals surface area (Å²) in [5.74, 6) is 0. The average Bonchev–Trinajstić information content (AvgIpc) is 3.37. The van der Waals surface area contributed by atoms with E-state index in [9.17, 15) is 86.8 Å². The molecule has 31 nitrogen and oxygen atoms in total. The van der Waals surface area contributed by atoms with Crippen molar-refractivity contribution < 1.29 is 144 Å². The SMILES string of the molecule is NCCCCCNCC1OC2OC3C(CO)OC(OC4C(CO)OC(OC5C(CO)OC(OC6C(CO)OC(OC7C(CO)OC(OC1C(O)C2O)C(O)C7O)C(O)C6O)C(O)C5O)C(O)C4O)C(O)C3O. The average molecular weight is 1060 g/mol. The molecular weight excluding hydrogens is 984 g/mol. The first-order chi connectivity index (χ1) is 34.4. The molecule has 12 bridgehead atoms. The van der Waals surface area contributed by atoms with Crippen molar-refractivity contribution in [1.29, 1.82) is 0 Å².